The van der Waals surface area contributed by atoms with E-state index in [1.54, 1.807) is 0 Å². The summed E-state index contributed by atoms with van der Waals surface area (Å²) in [6.45, 7) is 18.8. The van der Waals surface area contributed by atoms with Crippen molar-refractivity contribution in [2.75, 3.05) is 0 Å². The van der Waals surface area contributed by atoms with Crippen molar-refractivity contribution in [1.29, 1.82) is 0 Å². The van der Waals surface area contributed by atoms with Crippen molar-refractivity contribution in [3.05, 3.63) is 119 Å². The zero-order valence-electron chi connectivity index (χ0n) is 24.4. The van der Waals surface area contributed by atoms with Crippen molar-refractivity contribution in [2.45, 2.75) is 66.7 Å². The second kappa shape index (κ2) is 12.7. The maximum Gasteiger partial charge on any atom is -0.0120 e. The maximum absolute atomic E-state index is 2.55. The van der Waals surface area contributed by atoms with Crippen LogP contribution in [-0.2, 0) is 0 Å². The van der Waals surface area contributed by atoms with Crippen LogP contribution in [0, 0.1) is 39.5 Å². The van der Waals surface area contributed by atoms with E-state index in [4.69, 9.17) is 0 Å². The zero-order valence-corrected chi connectivity index (χ0v) is 26.2. The Hall–Kier alpha value is -2.26. The number of hydrogen-bond acceptors (Lipinski definition) is 0. The molecule has 0 spiro atoms. The molecule has 4 rings (SSSR count). The fraction of sp³-hybridized carbons (Fsp3) is 0.333. The normalized spacial score (nSPS) is 14.2. The van der Waals surface area contributed by atoms with Crippen LogP contribution in [0.25, 0.3) is 0 Å². The van der Waals surface area contributed by atoms with Crippen LogP contribution >= 0.6 is 15.8 Å². The number of aryl methyl sites for hydroxylation is 4. The average molecular weight is 539 g/mol. The van der Waals surface area contributed by atoms with Gasteiger partial charge in [-0.15, -0.1) is 0 Å². The van der Waals surface area contributed by atoms with Gasteiger partial charge in [-0.1, -0.05) is 147 Å². The fourth-order valence-electron chi connectivity index (χ4n) is 5.92. The van der Waals surface area contributed by atoms with Crippen molar-refractivity contribution in [2.24, 2.45) is 11.8 Å². The van der Waals surface area contributed by atoms with Gasteiger partial charge in [-0.05, 0) is 87.9 Å². The summed E-state index contributed by atoms with van der Waals surface area (Å²) < 4.78 is 0. The van der Waals surface area contributed by atoms with Gasteiger partial charge in [-0.25, -0.2) is 0 Å². The molecule has 0 saturated carbocycles. The molecule has 0 radical (unpaired) electrons. The summed E-state index contributed by atoms with van der Waals surface area (Å²) in [7, 11) is -1.01. The first-order chi connectivity index (χ1) is 18.2. The smallest absolute Gasteiger partial charge is 0.0120 e. The van der Waals surface area contributed by atoms with Crippen LogP contribution in [-0.4, -0.2) is 11.3 Å². The predicted molar refractivity (Wildman–Crippen MR) is 174 cm³/mol. The molecule has 0 fully saturated rings. The Kier molecular flexibility index (Phi) is 9.63. The molecule has 2 atom stereocenters. The Labute approximate surface area is 234 Å². The molecule has 2 unspecified atom stereocenters. The molecule has 0 aliphatic heterocycles. The molecule has 0 nitrogen and oxygen atoms in total. The van der Waals surface area contributed by atoms with Gasteiger partial charge in [0.15, 0.2) is 0 Å². The average Bonchev–Trinajstić information content (AvgIpc) is 2.89. The van der Waals surface area contributed by atoms with Crippen molar-refractivity contribution in [3.8, 4) is 0 Å². The molecule has 0 aromatic heterocycles. The van der Waals surface area contributed by atoms with E-state index in [1.807, 2.05) is 0 Å². The van der Waals surface area contributed by atoms with Crippen LogP contribution in [0.2, 0.25) is 0 Å². The van der Waals surface area contributed by atoms with Crippen molar-refractivity contribution >= 4 is 37.1 Å². The Bertz CT molecular complexity index is 1090. The summed E-state index contributed by atoms with van der Waals surface area (Å²) in [5.41, 5.74) is 6.41. The van der Waals surface area contributed by atoms with E-state index in [1.165, 1.54) is 43.5 Å². The lowest BCUT2D eigenvalue weighted by molar-refractivity contribution is 0.376. The van der Waals surface area contributed by atoms with E-state index in [2.05, 4.69) is 152 Å². The van der Waals surface area contributed by atoms with Gasteiger partial charge >= 0.3 is 0 Å². The van der Waals surface area contributed by atoms with Crippen LogP contribution in [0.3, 0.4) is 0 Å². The van der Waals surface area contributed by atoms with Crippen LogP contribution in [0.4, 0.5) is 0 Å². The van der Waals surface area contributed by atoms with Crippen LogP contribution < -0.4 is 21.2 Å². The minimum absolute atomic E-state index is 0.504. The lowest BCUT2D eigenvalue weighted by Crippen LogP contribution is -2.37. The summed E-state index contributed by atoms with van der Waals surface area (Å²) in [6.07, 6.45) is 0. The Morgan fingerprint density at radius 1 is 0.368 bits per heavy atom. The molecule has 38 heavy (non-hydrogen) atoms. The van der Waals surface area contributed by atoms with Gasteiger partial charge in [-0.3, -0.25) is 0 Å². The van der Waals surface area contributed by atoms with E-state index in [0.29, 0.717) is 23.2 Å². The minimum Gasteiger partial charge on any atom is -0.0625 e. The lowest BCUT2D eigenvalue weighted by atomic mass is 9.90. The molecule has 4 aromatic carbocycles. The summed E-state index contributed by atoms with van der Waals surface area (Å²) in [5.74, 6) is 1.17. The zero-order chi connectivity index (χ0) is 27.4. The van der Waals surface area contributed by atoms with E-state index >= 15 is 0 Å². The molecule has 0 N–H and O–H groups in total. The van der Waals surface area contributed by atoms with Gasteiger partial charge < -0.3 is 0 Å². The molecule has 0 saturated heterocycles. The summed E-state index contributed by atoms with van der Waals surface area (Å²) in [4.78, 5) is 0. The SMILES string of the molecule is Cc1ccc(P(c2ccc(C)cc2)C(C)C(C(C)C)C(C)P(c2ccc(C)cc2)c2ccc(C)cc2)cc1. The first-order valence-electron chi connectivity index (χ1n) is 14.0. The molecule has 0 aliphatic carbocycles. The van der Waals surface area contributed by atoms with Gasteiger partial charge in [-0.2, -0.15) is 0 Å². The highest BCUT2D eigenvalue weighted by molar-refractivity contribution is 7.74. The van der Waals surface area contributed by atoms with Gasteiger partial charge in [0.2, 0.25) is 0 Å². The second-order valence-corrected chi connectivity index (χ2v) is 16.6. The molecule has 4 aromatic rings. The molecule has 2 heteroatoms. The van der Waals surface area contributed by atoms with E-state index < -0.39 is 15.8 Å². The van der Waals surface area contributed by atoms with Gasteiger partial charge in [0.05, 0.1) is 0 Å². The minimum atomic E-state index is -0.504. The molecular formula is C36H44P2. The Morgan fingerprint density at radius 3 is 0.763 bits per heavy atom. The second-order valence-electron chi connectivity index (χ2n) is 11.4. The van der Waals surface area contributed by atoms with E-state index in [-0.39, 0.29) is 0 Å². The largest absolute Gasteiger partial charge is 0.0625 e. The highest BCUT2D eigenvalue weighted by Crippen LogP contribution is 2.53. The summed E-state index contributed by atoms with van der Waals surface area (Å²) in [5, 5.41) is 5.98. The van der Waals surface area contributed by atoms with Crippen molar-refractivity contribution in [3.63, 3.8) is 0 Å². The number of benzene rings is 4. The predicted octanol–water partition coefficient (Wildman–Crippen LogP) is 8.54. The molecule has 0 heterocycles. The fourth-order valence-corrected chi connectivity index (χ4v) is 12.3. The highest BCUT2D eigenvalue weighted by Gasteiger charge is 2.37. The quantitative estimate of drug-likeness (QED) is 0.187. The van der Waals surface area contributed by atoms with Gasteiger partial charge in [0, 0.05) is 0 Å². The number of rotatable bonds is 9. The monoisotopic (exact) mass is 538 g/mol. The van der Waals surface area contributed by atoms with Gasteiger partial charge in [0.25, 0.3) is 0 Å². The lowest BCUT2D eigenvalue weighted by Gasteiger charge is -2.41. The van der Waals surface area contributed by atoms with Crippen LogP contribution in [0.1, 0.15) is 49.9 Å². The van der Waals surface area contributed by atoms with Crippen molar-refractivity contribution < 1.29 is 0 Å². The van der Waals surface area contributed by atoms with Gasteiger partial charge in [0.1, 0.15) is 0 Å². The number of hydrogen-bond donors (Lipinski definition) is 0. The highest BCUT2D eigenvalue weighted by atomic mass is 31.1. The van der Waals surface area contributed by atoms with E-state index in [0.717, 1.165) is 0 Å². The molecule has 198 valence electrons. The topological polar surface area (TPSA) is 0 Å². The molecule has 0 amide bonds. The molecular weight excluding hydrogens is 494 g/mol. The first-order valence-corrected chi connectivity index (χ1v) is 16.8. The maximum atomic E-state index is 2.55. The third-order valence-electron chi connectivity index (χ3n) is 7.95. The van der Waals surface area contributed by atoms with Crippen LogP contribution in [0.15, 0.2) is 97.1 Å². The first kappa shape index (κ1) is 28.7. The van der Waals surface area contributed by atoms with Crippen molar-refractivity contribution in [1.82, 2.24) is 0 Å². The molecule has 0 bridgehead atoms. The Morgan fingerprint density at radius 2 is 0.579 bits per heavy atom. The standard InChI is InChI=1S/C36H44P2/c1-25(2)36(30(7)37(32-17-9-26(3)10-18-32)33-19-11-27(4)12-20-33)31(8)38(34-21-13-28(5)14-22-34)35-23-15-29(6)16-24-35/h9-25,30-31,36H,1-8H3. The van der Waals surface area contributed by atoms with Crippen LogP contribution in [0.5, 0.6) is 0 Å². The summed E-state index contributed by atoms with van der Waals surface area (Å²) >= 11 is 0. The third kappa shape index (κ3) is 6.65. The third-order valence-corrected chi connectivity index (χ3v) is 13.7. The summed E-state index contributed by atoms with van der Waals surface area (Å²) in [6, 6.07) is 37.5. The Balaban J connectivity index is 1.81. The molecule has 0 aliphatic rings. The van der Waals surface area contributed by atoms with E-state index in [9.17, 15) is 0 Å².